The molecule has 1 aromatic heterocycles. The average Bonchev–Trinajstić information content (AvgIpc) is 3.44. The number of carbonyl (C=O) groups excluding carboxylic acids is 1. The van der Waals surface area contributed by atoms with E-state index in [1.807, 2.05) is 36.1 Å². The monoisotopic (exact) mass is 446 g/mol. The highest BCUT2D eigenvalue weighted by Gasteiger charge is 2.63. The Morgan fingerprint density at radius 2 is 2.10 bits per heavy atom. The molecule has 0 saturated carbocycles. The predicted molar refractivity (Wildman–Crippen MR) is 117 cm³/mol. The van der Waals surface area contributed by atoms with Gasteiger partial charge in [0, 0.05) is 29.8 Å². The number of likely N-dealkylation sites (tertiary alicyclic amines) is 1. The third-order valence-corrected chi connectivity index (χ3v) is 8.78. The second kappa shape index (κ2) is 7.15. The number of ether oxygens (including phenoxy) is 1. The van der Waals surface area contributed by atoms with Gasteiger partial charge in [0.2, 0.25) is 10.0 Å². The summed E-state index contributed by atoms with van der Waals surface area (Å²) in [7, 11) is -3.25. The van der Waals surface area contributed by atoms with Crippen molar-refractivity contribution in [2.24, 2.45) is 11.8 Å². The summed E-state index contributed by atoms with van der Waals surface area (Å²) in [6.45, 7) is 3.65. The van der Waals surface area contributed by atoms with E-state index in [0.29, 0.717) is 19.6 Å². The van der Waals surface area contributed by atoms with E-state index in [0.717, 1.165) is 33.7 Å². The lowest BCUT2D eigenvalue weighted by Gasteiger charge is -2.29. The third-order valence-electron chi connectivity index (χ3n) is 6.82. The molecular formula is C22H26N2O4S2. The Morgan fingerprint density at radius 3 is 2.83 bits per heavy atom. The van der Waals surface area contributed by atoms with Gasteiger partial charge < -0.3 is 9.64 Å². The maximum Gasteiger partial charge on any atom is 0.264 e. The summed E-state index contributed by atoms with van der Waals surface area (Å²) in [6, 6.07) is 12.1. The summed E-state index contributed by atoms with van der Waals surface area (Å²) in [5.41, 5.74) is 1.93. The first-order valence-electron chi connectivity index (χ1n) is 10.3. The molecule has 2 bridgehead atoms. The number of thiophene rings is 1. The highest BCUT2D eigenvalue weighted by molar-refractivity contribution is 7.88. The first-order valence-corrected chi connectivity index (χ1v) is 13.0. The molecule has 6 nitrogen and oxygen atoms in total. The van der Waals surface area contributed by atoms with Gasteiger partial charge in [-0.1, -0.05) is 30.3 Å². The minimum absolute atomic E-state index is 0.0518. The molecule has 2 aromatic rings. The summed E-state index contributed by atoms with van der Waals surface area (Å²) in [5, 5.41) is 0. The fourth-order valence-electron chi connectivity index (χ4n) is 5.49. The van der Waals surface area contributed by atoms with Crippen LogP contribution in [0.1, 0.15) is 28.1 Å². The van der Waals surface area contributed by atoms with Gasteiger partial charge in [-0.15, -0.1) is 11.3 Å². The van der Waals surface area contributed by atoms with E-state index >= 15 is 0 Å². The van der Waals surface area contributed by atoms with Crippen LogP contribution in [0.15, 0.2) is 36.4 Å². The molecule has 3 fully saturated rings. The fourth-order valence-corrected chi connectivity index (χ4v) is 7.13. The van der Waals surface area contributed by atoms with Gasteiger partial charge in [-0.25, -0.2) is 13.1 Å². The van der Waals surface area contributed by atoms with Crippen LogP contribution in [0.5, 0.6) is 0 Å². The van der Waals surface area contributed by atoms with Gasteiger partial charge in [0.05, 0.1) is 29.4 Å². The smallest absolute Gasteiger partial charge is 0.264 e. The lowest BCUT2D eigenvalue weighted by molar-refractivity contribution is 0.00330. The Bertz CT molecular complexity index is 1080. The standard InChI is InChI=1S/C22H26N2O4S2/c1-14-10-19(29-20(14)15-6-4-3-5-7-15)21(25)24-12-17-16(11-23-30(2,26)27)18-8-9-22(17,13-24)28-18/h3-7,10,16-18,23H,8-9,11-13H2,1-2H3/t16-,17+,18+,22+/m0/s1. The van der Waals surface area contributed by atoms with E-state index in [9.17, 15) is 13.2 Å². The van der Waals surface area contributed by atoms with Crippen molar-refractivity contribution < 1.29 is 17.9 Å². The molecular weight excluding hydrogens is 420 g/mol. The molecule has 8 heteroatoms. The molecule has 0 aliphatic carbocycles. The first-order chi connectivity index (χ1) is 14.3. The quantitative estimate of drug-likeness (QED) is 0.766. The summed E-state index contributed by atoms with van der Waals surface area (Å²) in [4.78, 5) is 17.1. The topological polar surface area (TPSA) is 75.7 Å². The Kier molecular flexibility index (Phi) is 4.81. The number of nitrogens with zero attached hydrogens (tertiary/aromatic N) is 1. The van der Waals surface area contributed by atoms with Gasteiger partial charge in [0.15, 0.2) is 0 Å². The Labute approximate surface area is 181 Å². The maximum atomic E-state index is 13.3. The summed E-state index contributed by atoms with van der Waals surface area (Å²) < 4.78 is 32.2. The molecule has 30 heavy (non-hydrogen) atoms. The number of benzene rings is 1. The zero-order valence-corrected chi connectivity index (χ0v) is 18.8. The third kappa shape index (κ3) is 3.39. The number of hydrogen-bond donors (Lipinski definition) is 1. The van der Waals surface area contributed by atoms with Crippen molar-refractivity contribution in [1.82, 2.24) is 9.62 Å². The van der Waals surface area contributed by atoms with E-state index in [-0.39, 0.29) is 29.4 Å². The molecule has 160 valence electrons. The van der Waals surface area contributed by atoms with Crippen molar-refractivity contribution >= 4 is 27.3 Å². The molecule has 0 radical (unpaired) electrons. The largest absolute Gasteiger partial charge is 0.369 e. The maximum absolute atomic E-state index is 13.3. The van der Waals surface area contributed by atoms with Crippen molar-refractivity contribution in [3.63, 3.8) is 0 Å². The van der Waals surface area contributed by atoms with Crippen molar-refractivity contribution in [3.8, 4) is 10.4 Å². The fraction of sp³-hybridized carbons (Fsp3) is 0.500. The minimum atomic E-state index is -3.25. The number of amides is 1. The van der Waals surface area contributed by atoms with Crippen molar-refractivity contribution in [1.29, 1.82) is 0 Å². The molecule has 0 unspecified atom stereocenters. The van der Waals surface area contributed by atoms with Crippen LogP contribution < -0.4 is 4.72 Å². The van der Waals surface area contributed by atoms with Crippen LogP contribution >= 0.6 is 11.3 Å². The molecule has 3 saturated heterocycles. The molecule has 5 rings (SSSR count). The molecule has 1 spiro atoms. The van der Waals surface area contributed by atoms with Crippen LogP contribution in [0.3, 0.4) is 0 Å². The van der Waals surface area contributed by atoms with Crippen molar-refractivity contribution in [2.45, 2.75) is 31.5 Å². The Hall–Kier alpha value is -1.74. The van der Waals surface area contributed by atoms with Gasteiger partial charge in [-0.2, -0.15) is 0 Å². The van der Waals surface area contributed by atoms with Crippen LogP contribution in [0.25, 0.3) is 10.4 Å². The Morgan fingerprint density at radius 1 is 1.33 bits per heavy atom. The number of rotatable bonds is 5. The highest BCUT2D eigenvalue weighted by Crippen LogP contribution is 2.55. The molecule has 1 N–H and O–H groups in total. The number of hydrogen-bond acceptors (Lipinski definition) is 5. The SMILES string of the molecule is Cc1cc(C(=O)N2C[C@@H]3[C@H](CNS(C)(=O)=O)[C@H]4CC[C@]3(C2)O4)sc1-c1ccccc1. The van der Waals surface area contributed by atoms with E-state index < -0.39 is 10.0 Å². The Balaban J connectivity index is 1.35. The van der Waals surface area contributed by atoms with E-state index in [1.165, 1.54) is 6.26 Å². The van der Waals surface area contributed by atoms with Crippen LogP contribution in [0.4, 0.5) is 0 Å². The van der Waals surface area contributed by atoms with E-state index in [1.54, 1.807) is 11.3 Å². The predicted octanol–water partition coefficient (Wildman–Crippen LogP) is 2.89. The minimum Gasteiger partial charge on any atom is -0.369 e. The molecule has 4 heterocycles. The van der Waals surface area contributed by atoms with Gasteiger partial charge in [-0.05, 0) is 37.0 Å². The molecule has 3 aliphatic rings. The number of sulfonamides is 1. The van der Waals surface area contributed by atoms with E-state index in [4.69, 9.17) is 4.74 Å². The summed E-state index contributed by atoms with van der Waals surface area (Å²) in [5.74, 6) is 0.358. The molecule has 1 aromatic carbocycles. The lowest BCUT2D eigenvalue weighted by atomic mass is 9.74. The normalized spacial score (nSPS) is 30.1. The molecule has 1 amide bonds. The van der Waals surface area contributed by atoms with Crippen LogP contribution in [-0.4, -0.2) is 56.8 Å². The van der Waals surface area contributed by atoms with Gasteiger partial charge in [-0.3, -0.25) is 4.79 Å². The van der Waals surface area contributed by atoms with Gasteiger partial charge >= 0.3 is 0 Å². The van der Waals surface area contributed by atoms with Crippen molar-refractivity contribution in [3.05, 3.63) is 46.8 Å². The van der Waals surface area contributed by atoms with Crippen LogP contribution in [-0.2, 0) is 14.8 Å². The second-order valence-corrected chi connectivity index (χ2v) is 11.7. The number of nitrogens with one attached hydrogen (secondary N) is 1. The average molecular weight is 447 g/mol. The second-order valence-electron chi connectivity index (χ2n) is 8.83. The molecule has 4 atom stereocenters. The highest BCUT2D eigenvalue weighted by atomic mass is 32.2. The lowest BCUT2D eigenvalue weighted by Crippen LogP contribution is -2.41. The first kappa shape index (κ1) is 20.2. The van der Waals surface area contributed by atoms with Crippen LogP contribution in [0, 0.1) is 18.8 Å². The summed E-state index contributed by atoms with van der Waals surface area (Å²) >= 11 is 1.54. The van der Waals surface area contributed by atoms with Crippen LogP contribution in [0.2, 0.25) is 0 Å². The zero-order chi connectivity index (χ0) is 21.1. The van der Waals surface area contributed by atoms with Gasteiger partial charge in [0.1, 0.15) is 0 Å². The molecule has 3 aliphatic heterocycles. The number of fused-ring (bicyclic) bond motifs is 1. The summed E-state index contributed by atoms with van der Waals surface area (Å²) in [6.07, 6.45) is 3.16. The van der Waals surface area contributed by atoms with Gasteiger partial charge in [0.25, 0.3) is 5.91 Å². The van der Waals surface area contributed by atoms with Crippen molar-refractivity contribution in [2.75, 3.05) is 25.9 Å². The number of aryl methyl sites for hydroxylation is 1. The number of carbonyl (C=O) groups is 1. The zero-order valence-electron chi connectivity index (χ0n) is 17.1. The van der Waals surface area contributed by atoms with E-state index in [2.05, 4.69) is 16.9 Å².